The minimum Gasteiger partial charge on any atom is -0.481 e. The van der Waals surface area contributed by atoms with E-state index in [9.17, 15) is 14.7 Å². The minimum absolute atomic E-state index is 0.0469. The molecule has 0 aromatic carbocycles. The van der Waals surface area contributed by atoms with E-state index in [1.807, 2.05) is 14.0 Å². The molecule has 3 N–H and O–H groups in total. The van der Waals surface area contributed by atoms with Gasteiger partial charge in [0.05, 0.1) is 6.42 Å². The van der Waals surface area contributed by atoms with Crippen LogP contribution in [-0.2, 0) is 13.7 Å². The zero-order valence-corrected chi connectivity index (χ0v) is 20.6. The van der Waals surface area contributed by atoms with Crippen LogP contribution in [0.5, 0.6) is 0 Å². The van der Waals surface area contributed by atoms with Crippen LogP contribution in [-0.4, -0.2) is 52.7 Å². The fraction of sp³-hybridized carbons (Fsp3) is 0.895. The van der Waals surface area contributed by atoms with Crippen molar-refractivity contribution in [2.24, 2.45) is 5.92 Å². The maximum Gasteiger partial charge on any atom is 0.304 e. The summed E-state index contributed by atoms with van der Waals surface area (Å²) in [6.07, 6.45) is 3.17. The van der Waals surface area contributed by atoms with Crippen molar-refractivity contribution in [3.8, 4) is 0 Å². The van der Waals surface area contributed by atoms with Crippen molar-refractivity contribution in [2.45, 2.75) is 96.8 Å². The molecule has 3 unspecified atom stereocenters. The predicted octanol–water partition coefficient (Wildman–Crippen LogP) is 3.81. The lowest BCUT2D eigenvalue weighted by atomic mass is 9.98. The first-order valence-corrected chi connectivity index (χ1v) is 16.7. The van der Waals surface area contributed by atoms with Crippen molar-refractivity contribution in [3.63, 3.8) is 0 Å². The van der Waals surface area contributed by atoms with Gasteiger partial charge < -0.3 is 19.9 Å². The highest BCUT2D eigenvalue weighted by molar-refractivity contribution is 6.84. The number of nitrogens with one attached hydrogen (secondary N) is 2. The van der Waals surface area contributed by atoms with Crippen molar-refractivity contribution in [1.82, 2.24) is 10.6 Å². The van der Waals surface area contributed by atoms with E-state index in [1.165, 1.54) is 0 Å². The lowest BCUT2D eigenvalue weighted by Gasteiger charge is -2.32. The smallest absolute Gasteiger partial charge is 0.304 e. The summed E-state index contributed by atoms with van der Waals surface area (Å²) in [4.78, 5) is 23.8. The molecule has 0 saturated carbocycles. The maximum atomic E-state index is 12.6. The monoisotopic (exact) mass is 418 g/mol. The molecule has 160 valence electrons. The van der Waals surface area contributed by atoms with Crippen LogP contribution in [0.4, 0.5) is 0 Å². The maximum absolute atomic E-state index is 12.6. The van der Waals surface area contributed by atoms with Gasteiger partial charge in [0.1, 0.15) is 0 Å². The van der Waals surface area contributed by atoms with Crippen LogP contribution in [0.2, 0.25) is 38.8 Å². The van der Waals surface area contributed by atoms with E-state index in [0.717, 1.165) is 25.3 Å². The molecule has 1 amide bonds. The Labute approximate surface area is 168 Å². The number of carboxylic acid groups (broad SMARTS) is 1. The fourth-order valence-electron chi connectivity index (χ4n) is 3.27. The Hall–Kier alpha value is -0.706. The molecule has 0 heterocycles. The highest BCUT2D eigenvalue weighted by Gasteiger charge is 2.30. The first-order valence-electron chi connectivity index (χ1n) is 10.2. The summed E-state index contributed by atoms with van der Waals surface area (Å²) in [7, 11) is -1.42. The molecule has 3 atom stereocenters. The van der Waals surface area contributed by atoms with E-state index in [-0.39, 0.29) is 18.4 Å². The molecule has 0 fully saturated rings. The van der Waals surface area contributed by atoms with Gasteiger partial charge in [-0.2, -0.15) is 0 Å². The number of hydrogen-bond donors (Lipinski definition) is 3. The van der Waals surface area contributed by atoms with Crippen molar-refractivity contribution < 1.29 is 18.8 Å². The number of hydrogen-bond acceptors (Lipinski definition) is 4. The van der Waals surface area contributed by atoms with Gasteiger partial charge in [-0.15, -0.1) is 0 Å². The molecule has 0 aromatic rings. The third kappa shape index (κ3) is 14.0. The van der Waals surface area contributed by atoms with Crippen molar-refractivity contribution >= 4 is 28.5 Å². The van der Waals surface area contributed by atoms with E-state index in [1.54, 1.807) is 0 Å². The first-order chi connectivity index (χ1) is 12.3. The van der Waals surface area contributed by atoms with Crippen LogP contribution in [0.1, 0.15) is 46.0 Å². The molecule has 0 saturated heterocycles. The van der Waals surface area contributed by atoms with Gasteiger partial charge in [-0.25, -0.2) is 0 Å². The molecular weight excluding hydrogens is 376 g/mol. The Balaban J connectivity index is 4.60. The Morgan fingerprint density at radius 2 is 1.56 bits per heavy atom. The number of carbonyl (C=O) groups excluding carboxylic acids is 1. The quantitative estimate of drug-likeness (QED) is 0.373. The molecule has 0 aliphatic rings. The molecule has 8 heteroatoms. The minimum atomic E-state index is -1.77. The van der Waals surface area contributed by atoms with Crippen LogP contribution in [0, 0.1) is 5.92 Å². The Bertz CT molecular complexity index is 467. The van der Waals surface area contributed by atoms with Crippen LogP contribution in [0.3, 0.4) is 0 Å². The normalized spacial score (nSPS) is 15.9. The molecule has 27 heavy (non-hydrogen) atoms. The molecule has 0 spiro atoms. The number of aliphatic carboxylic acids is 1. The van der Waals surface area contributed by atoms with Gasteiger partial charge in [-0.05, 0) is 78.9 Å². The molecule has 6 nitrogen and oxygen atoms in total. The van der Waals surface area contributed by atoms with E-state index < -0.39 is 28.5 Å². The van der Waals surface area contributed by atoms with Gasteiger partial charge in [0.25, 0.3) is 0 Å². The third-order valence-electron chi connectivity index (χ3n) is 4.62. The average Bonchev–Trinajstić information content (AvgIpc) is 2.48. The zero-order chi connectivity index (χ0) is 21.3. The summed E-state index contributed by atoms with van der Waals surface area (Å²) in [6, 6.07) is 1.40. The molecule has 0 bridgehead atoms. The van der Waals surface area contributed by atoms with Gasteiger partial charge in [0.15, 0.2) is 16.6 Å². The number of rotatable bonds is 14. The Morgan fingerprint density at radius 3 is 2.04 bits per heavy atom. The lowest BCUT2D eigenvalue weighted by molar-refractivity contribution is -0.141. The lowest BCUT2D eigenvalue weighted by Crippen LogP contribution is -2.42. The van der Waals surface area contributed by atoms with Crippen molar-refractivity contribution in [3.05, 3.63) is 0 Å². The number of carbonyl (C=O) groups is 2. The third-order valence-corrected chi connectivity index (χ3v) is 10.8. The molecule has 0 aromatic heterocycles. The number of amides is 1. The van der Waals surface area contributed by atoms with Gasteiger partial charge in [0.2, 0.25) is 5.91 Å². The largest absolute Gasteiger partial charge is 0.481 e. The highest BCUT2D eigenvalue weighted by Crippen LogP contribution is 2.23. The second kappa shape index (κ2) is 12.0. The van der Waals surface area contributed by atoms with E-state index in [2.05, 4.69) is 50.3 Å². The molecule has 0 aliphatic carbocycles. The standard InChI is InChI=1S/C19H42N2O4Si2/c1-15(20-3)11-12-16(2)21-19(24)17(14-18(22)23)10-9-13-27(7,8)25-26(4,5)6/h15-17,20H,9-14H2,1-8H3,(H,21,24)(H,22,23). The summed E-state index contributed by atoms with van der Waals surface area (Å²) in [5.74, 6) is -1.52. The topological polar surface area (TPSA) is 87.7 Å². The molecule has 0 rings (SSSR count). The van der Waals surface area contributed by atoms with Crippen molar-refractivity contribution in [1.29, 1.82) is 0 Å². The van der Waals surface area contributed by atoms with Gasteiger partial charge in [0, 0.05) is 18.0 Å². The number of carboxylic acids is 1. The van der Waals surface area contributed by atoms with Crippen LogP contribution < -0.4 is 10.6 Å². The second-order valence-electron chi connectivity index (χ2n) is 9.34. The molecule has 0 aliphatic heterocycles. The van der Waals surface area contributed by atoms with Gasteiger partial charge in [-0.1, -0.05) is 6.42 Å². The molecule has 0 radical (unpaired) electrons. The average molecular weight is 419 g/mol. The second-order valence-corrected chi connectivity index (χ2v) is 18.4. The van der Waals surface area contributed by atoms with Crippen LogP contribution >= 0.6 is 0 Å². The van der Waals surface area contributed by atoms with Crippen LogP contribution in [0.15, 0.2) is 0 Å². The van der Waals surface area contributed by atoms with E-state index in [4.69, 9.17) is 4.12 Å². The Kier molecular flexibility index (Phi) is 11.7. The summed E-state index contributed by atoms with van der Waals surface area (Å²) >= 11 is 0. The van der Waals surface area contributed by atoms with Crippen molar-refractivity contribution in [2.75, 3.05) is 7.05 Å². The summed E-state index contributed by atoms with van der Waals surface area (Å²) < 4.78 is 6.33. The first kappa shape index (κ1) is 26.3. The molecular formula is C19H42N2O4Si2. The summed E-state index contributed by atoms with van der Waals surface area (Å²) in [6.45, 7) is 15.1. The Morgan fingerprint density at radius 1 is 1.00 bits per heavy atom. The zero-order valence-electron chi connectivity index (χ0n) is 18.6. The van der Waals surface area contributed by atoms with Gasteiger partial charge in [-0.3, -0.25) is 9.59 Å². The van der Waals surface area contributed by atoms with Gasteiger partial charge >= 0.3 is 5.97 Å². The highest BCUT2D eigenvalue weighted by atomic mass is 28.4. The van der Waals surface area contributed by atoms with E-state index in [0.29, 0.717) is 12.5 Å². The van der Waals surface area contributed by atoms with Crippen LogP contribution in [0.25, 0.3) is 0 Å². The predicted molar refractivity (Wildman–Crippen MR) is 117 cm³/mol. The van der Waals surface area contributed by atoms with E-state index >= 15 is 0 Å². The SMILES string of the molecule is CNC(C)CCC(C)NC(=O)C(CCC[Si](C)(C)O[Si](C)(C)C)CC(=O)O. The summed E-state index contributed by atoms with van der Waals surface area (Å²) in [5, 5.41) is 15.4. The summed E-state index contributed by atoms with van der Waals surface area (Å²) in [5.41, 5.74) is 0. The fourth-order valence-corrected chi connectivity index (χ4v) is 11.4.